The number of carboxylic acids is 1. The molecule has 1 fully saturated rings. The number of hydrogen-bond acceptors (Lipinski definition) is 2. The summed E-state index contributed by atoms with van der Waals surface area (Å²) in [5, 5.41) is 9.09. The van der Waals surface area contributed by atoms with Crippen LogP contribution in [0.5, 0.6) is 0 Å². The molecule has 88 valence electrons. The van der Waals surface area contributed by atoms with E-state index in [0.29, 0.717) is 18.9 Å². The highest BCUT2D eigenvalue weighted by atomic mass is 16.4. The second-order valence-electron chi connectivity index (χ2n) is 4.67. The van der Waals surface area contributed by atoms with E-state index in [1.165, 1.54) is 0 Å². The number of allylic oxidation sites excluding steroid dienone is 2. The van der Waals surface area contributed by atoms with Gasteiger partial charge in [0.2, 0.25) is 5.91 Å². The monoisotopic (exact) mass is 223 g/mol. The van der Waals surface area contributed by atoms with Crippen molar-refractivity contribution in [3.05, 3.63) is 12.2 Å². The van der Waals surface area contributed by atoms with Crippen LogP contribution in [0.25, 0.3) is 0 Å². The van der Waals surface area contributed by atoms with Crippen molar-refractivity contribution in [1.29, 1.82) is 0 Å². The van der Waals surface area contributed by atoms with Crippen molar-refractivity contribution in [2.75, 3.05) is 7.05 Å². The van der Waals surface area contributed by atoms with Gasteiger partial charge < -0.3 is 10.0 Å². The summed E-state index contributed by atoms with van der Waals surface area (Å²) in [6.45, 7) is 0. The molecule has 1 saturated carbocycles. The van der Waals surface area contributed by atoms with E-state index in [0.717, 1.165) is 12.8 Å². The van der Waals surface area contributed by atoms with Gasteiger partial charge in [0.1, 0.15) is 0 Å². The van der Waals surface area contributed by atoms with Gasteiger partial charge in [-0.25, -0.2) is 0 Å². The van der Waals surface area contributed by atoms with Gasteiger partial charge in [0, 0.05) is 13.1 Å². The molecule has 0 aromatic rings. The maximum atomic E-state index is 12.1. The second-order valence-corrected chi connectivity index (χ2v) is 4.67. The molecule has 0 aliphatic heterocycles. The first-order valence-corrected chi connectivity index (χ1v) is 5.75. The van der Waals surface area contributed by atoms with E-state index in [1.54, 1.807) is 11.9 Å². The Morgan fingerprint density at radius 1 is 1.19 bits per heavy atom. The fourth-order valence-corrected chi connectivity index (χ4v) is 2.26. The van der Waals surface area contributed by atoms with Crippen molar-refractivity contribution < 1.29 is 14.7 Å². The fourth-order valence-electron chi connectivity index (χ4n) is 2.26. The highest BCUT2D eigenvalue weighted by molar-refractivity contribution is 5.85. The molecule has 0 saturated heterocycles. The number of carbonyl (C=O) groups excluding carboxylic acids is 1. The van der Waals surface area contributed by atoms with Crippen LogP contribution in [0.4, 0.5) is 0 Å². The first kappa shape index (κ1) is 11.2. The minimum absolute atomic E-state index is 0.000694. The Morgan fingerprint density at radius 2 is 1.75 bits per heavy atom. The number of carbonyl (C=O) groups is 2. The zero-order valence-corrected chi connectivity index (χ0v) is 9.43. The van der Waals surface area contributed by atoms with Crippen molar-refractivity contribution >= 4 is 11.9 Å². The van der Waals surface area contributed by atoms with Gasteiger partial charge in [-0.2, -0.15) is 0 Å². The van der Waals surface area contributed by atoms with E-state index in [1.807, 2.05) is 12.2 Å². The molecule has 1 N–H and O–H groups in total. The number of amides is 1. The van der Waals surface area contributed by atoms with Crippen LogP contribution in [0.1, 0.15) is 25.7 Å². The minimum Gasteiger partial charge on any atom is -0.481 e. The first-order valence-electron chi connectivity index (χ1n) is 5.75. The van der Waals surface area contributed by atoms with Crippen LogP contribution in [0.2, 0.25) is 0 Å². The van der Waals surface area contributed by atoms with E-state index >= 15 is 0 Å². The van der Waals surface area contributed by atoms with Gasteiger partial charge in [-0.1, -0.05) is 12.2 Å². The van der Waals surface area contributed by atoms with Crippen LogP contribution in [0, 0.1) is 11.8 Å². The van der Waals surface area contributed by atoms with E-state index < -0.39 is 11.9 Å². The Labute approximate surface area is 94.9 Å². The van der Waals surface area contributed by atoms with Crippen molar-refractivity contribution in [1.82, 2.24) is 4.90 Å². The predicted molar refractivity (Wildman–Crippen MR) is 58.8 cm³/mol. The van der Waals surface area contributed by atoms with Crippen LogP contribution >= 0.6 is 0 Å². The smallest absolute Gasteiger partial charge is 0.307 e. The molecule has 0 unspecified atom stereocenters. The summed E-state index contributed by atoms with van der Waals surface area (Å²) in [7, 11) is 1.79. The zero-order valence-electron chi connectivity index (χ0n) is 9.43. The van der Waals surface area contributed by atoms with E-state index in [2.05, 4.69) is 0 Å². The highest BCUT2D eigenvalue weighted by Gasteiger charge is 2.39. The molecule has 0 aromatic heterocycles. The molecule has 2 aliphatic rings. The quantitative estimate of drug-likeness (QED) is 0.733. The van der Waals surface area contributed by atoms with Crippen molar-refractivity contribution in [2.24, 2.45) is 11.8 Å². The van der Waals surface area contributed by atoms with Crippen LogP contribution in [-0.4, -0.2) is 35.0 Å². The summed E-state index contributed by atoms with van der Waals surface area (Å²) in [6, 6.07) is 0.354. The normalized spacial score (nSPS) is 28.8. The number of nitrogens with zero attached hydrogens (tertiary/aromatic N) is 1. The van der Waals surface area contributed by atoms with Gasteiger partial charge in [0.25, 0.3) is 0 Å². The summed E-state index contributed by atoms with van der Waals surface area (Å²) >= 11 is 0. The Kier molecular flexibility index (Phi) is 2.99. The molecule has 0 heterocycles. The molecular weight excluding hydrogens is 206 g/mol. The molecule has 0 aromatic carbocycles. The van der Waals surface area contributed by atoms with Gasteiger partial charge >= 0.3 is 5.97 Å². The van der Waals surface area contributed by atoms with Gasteiger partial charge in [-0.05, 0) is 25.7 Å². The maximum absolute atomic E-state index is 12.1. The summed E-state index contributed by atoms with van der Waals surface area (Å²) in [6.07, 6.45) is 6.94. The molecule has 2 aliphatic carbocycles. The van der Waals surface area contributed by atoms with Gasteiger partial charge in [0.15, 0.2) is 0 Å². The SMILES string of the molecule is CN(C(=O)[C@@H]1CC=CC[C@@H]1C(=O)O)C1CC1. The average Bonchev–Trinajstić information content (AvgIpc) is 3.11. The Bertz CT molecular complexity index is 333. The van der Waals surface area contributed by atoms with Crippen LogP contribution in [-0.2, 0) is 9.59 Å². The van der Waals surface area contributed by atoms with E-state index in [9.17, 15) is 9.59 Å². The van der Waals surface area contributed by atoms with Gasteiger partial charge in [0.05, 0.1) is 11.8 Å². The fraction of sp³-hybridized carbons (Fsp3) is 0.667. The third-order valence-electron chi connectivity index (χ3n) is 3.51. The molecule has 0 spiro atoms. The molecular formula is C12H17NO3. The summed E-state index contributed by atoms with van der Waals surface area (Å²) in [5.74, 6) is -1.77. The lowest BCUT2D eigenvalue weighted by Crippen LogP contribution is -2.40. The molecule has 1 amide bonds. The van der Waals surface area contributed by atoms with Crippen LogP contribution in [0.3, 0.4) is 0 Å². The van der Waals surface area contributed by atoms with E-state index in [-0.39, 0.29) is 11.8 Å². The summed E-state index contributed by atoms with van der Waals surface area (Å²) < 4.78 is 0. The summed E-state index contributed by atoms with van der Waals surface area (Å²) in [4.78, 5) is 24.9. The Morgan fingerprint density at radius 3 is 2.25 bits per heavy atom. The molecule has 0 bridgehead atoms. The number of carboxylic acid groups (broad SMARTS) is 1. The lowest BCUT2D eigenvalue weighted by Gasteiger charge is -2.28. The Hall–Kier alpha value is -1.32. The maximum Gasteiger partial charge on any atom is 0.307 e. The predicted octanol–water partition coefficient (Wildman–Crippen LogP) is 1.27. The van der Waals surface area contributed by atoms with Crippen molar-refractivity contribution in [3.63, 3.8) is 0 Å². The average molecular weight is 223 g/mol. The molecule has 2 rings (SSSR count). The third-order valence-corrected chi connectivity index (χ3v) is 3.51. The molecule has 0 radical (unpaired) electrons. The van der Waals surface area contributed by atoms with Crippen molar-refractivity contribution in [3.8, 4) is 0 Å². The molecule has 4 nitrogen and oxygen atoms in total. The standard InChI is InChI=1S/C12H17NO3/c1-13(8-6-7-8)11(14)9-4-2-3-5-10(9)12(15)16/h2-3,8-10H,4-7H2,1H3,(H,15,16)/t9-,10+/m1/s1. The first-order chi connectivity index (χ1) is 7.61. The van der Waals surface area contributed by atoms with Crippen molar-refractivity contribution in [2.45, 2.75) is 31.7 Å². The molecule has 16 heavy (non-hydrogen) atoms. The largest absolute Gasteiger partial charge is 0.481 e. The minimum atomic E-state index is -0.855. The topological polar surface area (TPSA) is 57.6 Å². The number of aliphatic carboxylic acids is 1. The van der Waals surface area contributed by atoms with Crippen LogP contribution in [0.15, 0.2) is 12.2 Å². The third kappa shape index (κ3) is 2.10. The lowest BCUT2D eigenvalue weighted by molar-refractivity contribution is -0.150. The van der Waals surface area contributed by atoms with Crippen LogP contribution < -0.4 is 0 Å². The number of hydrogen-bond donors (Lipinski definition) is 1. The Balaban J connectivity index is 2.07. The lowest BCUT2D eigenvalue weighted by atomic mass is 9.82. The van der Waals surface area contributed by atoms with Gasteiger partial charge in [-0.3, -0.25) is 9.59 Å². The zero-order chi connectivity index (χ0) is 11.7. The molecule has 4 heteroatoms. The van der Waals surface area contributed by atoms with E-state index in [4.69, 9.17) is 5.11 Å². The molecule has 2 atom stereocenters. The number of rotatable bonds is 3. The second kappa shape index (κ2) is 4.28. The van der Waals surface area contributed by atoms with Gasteiger partial charge in [-0.15, -0.1) is 0 Å². The highest BCUT2D eigenvalue weighted by Crippen LogP contribution is 2.32. The summed E-state index contributed by atoms with van der Waals surface area (Å²) in [5.41, 5.74) is 0.